The third kappa shape index (κ3) is 2.45. The van der Waals surface area contributed by atoms with Crippen LogP contribution in [0.25, 0.3) is 0 Å². The van der Waals surface area contributed by atoms with E-state index in [0.717, 1.165) is 12.2 Å². The van der Waals surface area contributed by atoms with E-state index in [1.807, 2.05) is 13.0 Å². The maximum Gasteiger partial charge on any atom is 0.0952 e. The molecule has 0 heterocycles. The largest absolute Gasteiger partial charge is 0.501 e. The second-order valence-corrected chi connectivity index (χ2v) is 1.43. The Morgan fingerprint density at radius 3 is 2.50 bits per heavy atom. The minimum Gasteiger partial charge on any atom is -0.501 e. The van der Waals surface area contributed by atoms with Crippen molar-refractivity contribution in [3.63, 3.8) is 0 Å². The molecule has 0 aliphatic carbocycles. The fourth-order valence-corrected chi connectivity index (χ4v) is 0.462. The summed E-state index contributed by atoms with van der Waals surface area (Å²) in [6, 6.07) is 0. The van der Waals surface area contributed by atoms with Crippen molar-refractivity contribution in [3.05, 3.63) is 24.5 Å². The zero-order valence-electron chi connectivity index (χ0n) is 5.48. The average molecular weight is 112 g/mol. The van der Waals surface area contributed by atoms with E-state index < -0.39 is 0 Å². The summed E-state index contributed by atoms with van der Waals surface area (Å²) in [4.78, 5) is 0. The minimum atomic E-state index is 0.933. The number of rotatable bonds is 3. The fraction of sp³-hybridized carbons (Fsp3) is 0.429. The standard InChI is InChI=1S/C7H12O/c1-4-6-7(5-2)8-3/h4,6H,1,5H2,2-3H3. The van der Waals surface area contributed by atoms with Crippen molar-refractivity contribution in [2.24, 2.45) is 0 Å². The Morgan fingerprint density at radius 2 is 2.38 bits per heavy atom. The first-order chi connectivity index (χ1) is 3.85. The van der Waals surface area contributed by atoms with Crippen molar-refractivity contribution in [3.8, 4) is 0 Å². The van der Waals surface area contributed by atoms with Gasteiger partial charge in [0.05, 0.1) is 12.9 Å². The van der Waals surface area contributed by atoms with Crippen LogP contribution in [0.15, 0.2) is 24.5 Å². The second kappa shape index (κ2) is 4.44. The Balaban J connectivity index is 3.66. The van der Waals surface area contributed by atoms with Gasteiger partial charge in [-0.05, 0) is 6.08 Å². The third-order valence-electron chi connectivity index (χ3n) is 0.914. The maximum absolute atomic E-state index is 4.93. The van der Waals surface area contributed by atoms with Crippen LogP contribution in [-0.4, -0.2) is 7.11 Å². The molecule has 0 spiro atoms. The van der Waals surface area contributed by atoms with Gasteiger partial charge in [-0.1, -0.05) is 19.6 Å². The highest BCUT2D eigenvalue weighted by Crippen LogP contribution is 1.98. The summed E-state index contributed by atoms with van der Waals surface area (Å²) < 4.78 is 4.93. The van der Waals surface area contributed by atoms with Crippen molar-refractivity contribution >= 4 is 0 Å². The molecule has 0 atom stereocenters. The molecule has 8 heavy (non-hydrogen) atoms. The summed E-state index contributed by atoms with van der Waals surface area (Å²) in [6.45, 7) is 5.58. The predicted octanol–water partition coefficient (Wildman–Crippen LogP) is 2.11. The summed E-state index contributed by atoms with van der Waals surface area (Å²) in [5.74, 6) is 0.972. The molecule has 0 bridgehead atoms. The van der Waals surface area contributed by atoms with E-state index in [1.54, 1.807) is 13.2 Å². The van der Waals surface area contributed by atoms with Crippen LogP contribution in [0.4, 0.5) is 0 Å². The molecule has 0 unspecified atom stereocenters. The van der Waals surface area contributed by atoms with Crippen molar-refractivity contribution in [1.29, 1.82) is 0 Å². The third-order valence-corrected chi connectivity index (χ3v) is 0.914. The first-order valence-corrected chi connectivity index (χ1v) is 2.70. The first-order valence-electron chi connectivity index (χ1n) is 2.70. The minimum absolute atomic E-state index is 0.933. The van der Waals surface area contributed by atoms with Gasteiger partial charge in [0.1, 0.15) is 0 Å². The van der Waals surface area contributed by atoms with Gasteiger partial charge in [-0.3, -0.25) is 0 Å². The molecule has 0 amide bonds. The Morgan fingerprint density at radius 1 is 1.75 bits per heavy atom. The normalized spacial score (nSPS) is 11.0. The number of methoxy groups -OCH3 is 1. The van der Waals surface area contributed by atoms with Crippen LogP contribution in [0, 0.1) is 0 Å². The van der Waals surface area contributed by atoms with Gasteiger partial charge < -0.3 is 4.74 Å². The van der Waals surface area contributed by atoms with E-state index in [9.17, 15) is 0 Å². The van der Waals surface area contributed by atoms with Crippen LogP contribution >= 0.6 is 0 Å². The molecule has 1 nitrogen and oxygen atoms in total. The van der Waals surface area contributed by atoms with Gasteiger partial charge >= 0.3 is 0 Å². The van der Waals surface area contributed by atoms with Gasteiger partial charge in [-0.2, -0.15) is 0 Å². The first kappa shape index (κ1) is 7.28. The number of hydrogen-bond donors (Lipinski definition) is 0. The van der Waals surface area contributed by atoms with E-state index in [2.05, 4.69) is 6.58 Å². The topological polar surface area (TPSA) is 9.23 Å². The van der Waals surface area contributed by atoms with Crippen LogP contribution in [0.5, 0.6) is 0 Å². The summed E-state index contributed by atoms with van der Waals surface area (Å²) in [7, 11) is 1.67. The van der Waals surface area contributed by atoms with Crippen molar-refractivity contribution in [2.75, 3.05) is 7.11 Å². The summed E-state index contributed by atoms with van der Waals surface area (Å²) >= 11 is 0. The van der Waals surface area contributed by atoms with E-state index in [0.29, 0.717) is 0 Å². The molecular weight excluding hydrogens is 100 g/mol. The monoisotopic (exact) mass is 112 g/mol. The quantitative estimate of drug-likeness (QED) is 0.401. The van der Waals surface area contributed by atoms with E-state index >= 15 is 0 Å². The molecule has 0 radical (unpaired) electrons. The van der Waals surface area contributed by atoms with Crippen LogP contribution in [0.2, 0.25) is 0 Å². The zero-order chi connectivity index (χ0) is 6.41. The van der Waals surface area contributed by atoms with Crippen LogP contribution in [-0.2, 0) is 4.74 Å². The SMILES string of the molecule is C=CC=C(CC)OC. The lowest BCUT2D eigenvalue weighted by molar-refractivity contribution is 0.281. The molecule has 0 saturated carbocycles. The highest BCUT2D eigenvalue weighted by atomic mass is 16.5. The van der Waals surface area contributed by atoms with E-state index in [4.69, 9.17) is 4.74 Å². The number of ether oxygens (including phenoxy) is 1. The zero-order valence-corrected chi connectivity index (χ0v) is 5.48. The van der Waals surface area contributed by atoms with E-state index in [-0.39, 0.29) is 0 Å². The van der Waals surface area contributed by atoms with Gasteiger partial charge in [0, 0.05) is 6.42 Å². The van der Waals surface area contributed by atoms with Crippen molar-refractivity contribution in [1.82, 2.24) is 0 Å². The van der Waals surface area contributed by atoms with Crippen LogP contribution in [0.1, 0.15) is 13.3 Å². The van der Waals surface area contributed by atoms with Crippen LogP contribution < -0.4 is 0 Å². The molecule has 0 rings (SSSR count). The molecule has 46 valence electrons. The van der Waals surface area contributed by atoms with Crippen molar-refractivity contribution in [2.45, 2.75) is 13.3 Å². The van der Waals surface area contributed by atoms with Gasteiger partial charge in [0.2, 0.25) is 0 Å². The summed E-state index contributed by atoms with van der Waals surface area (Å²) in [5, 5.41) is 0. The second-order valence-electron chi connectivity index (χ2n) is 1.43. The highest BCUT2D eigenvalue weighted by Gasteiger charge is 1.84. The van der Waals surface area contributed by atoms with Crippen LogP contribution in [0.3, 0.4) is 0 Å². The molecule has 0 aliphatic rings. The molecule has 0 aromatic rings. The molecule has 0 N–H and O–H groups in total. The molecule has 1 heteroatoms. The average Bonchev–Trinajstić information content (AvgIpc) is 1.83. The van der Waals surface area contributed by atoms with Gasteiger partial charge in [0.15, 0.2) is 0 Å². The highest BCUT2D eigenvalue weighted by molar-refractivity contribution is 5.03. The summed E-state index contributed by atoms with van der Waals surface area (Å²) in [6.07, 6.45) is 4.52. The Kier molecular flexibility index (Phi) is 4.04. The van der Waals surface area contributed by atoms with Gasteiger partial charge in [-0.15, -0.1) is 0 Å². The Labute approximate surface area is 50.7 Å². The lowest BCUT2D eigenvalue weighted by Gasteiger charge is -1.98. The number of hydrogen-bond acceptors (Lipinski definition) is 1. The number of allylic oxidation sites excluding steroid dienone is 3. The Hall–Kier alpha value is -0.720. The van der Waals surface area contributed by atoms with Crippen molar-refractivity contribution < 1.29 is 4.74 Å². The molecule has 0 fully saturated rings. The maximum atomic E-state index is 4.93. The molecule has 0 aromatic heterocycles. The Bertz CT molecular complexity index is 86.6. The lowest BCUT2D eigenvalue weighted by Crippen LogP contribution is -1.80. The van der Waals surface area contributed by atoms with E-state index in [1.165, 1.54) is 0 Å². The molecular formula is C7H12O. The molecule has 0 aliphatic heterocycles. The smallest absolute Gasteiger partial charge is 0.0952 e. The fourth-order valence-electron chi connectivity index (χ4n) is 0.462. The molecule has 0 saturated heterocycles. The van der Waals surface area contributed by atoms with Gasteiger partial charge in [-0.25, -0.2) is 0 Å². The molecule has 0 aromatic carbocycles. The lowest BCUT2D eigenvalue weighted by atomic mass is 10.3. The predicted molar refractivity (Wildman–Crippen MR) is 35.6 cm³/mol. The summed E-state index contributed by atoms with van der Waals surface area (Å²) in [5.41, 5.74) is 0. The van der Waals surface area contributed by atoms with Gasteiger partial charge in [0.25, 0.3) is 0 Å².